The molecule has 0 N–H and O–H groups in total. The van der Waals surface area contributed by atoms with Gasteiger partial charge in [-0.05, 0) is 18.2 Å². The molecule has 0 radical (unpaired) electrons. The second kappa shape index (κ2) is 5.77. The van der Waals surface area contributed by atoms with E-state index < -0.39 is 7.14 Å². The summed E-state index contributed by atoms with van der Waals surface area (Å²) in [5.74, 6) is 0. The minimum absolute atomic E-state index is 0.834. The molecule has 0 bridgehead atoms. The molecule has 0 aliphatic rings. The van der Waals surface area contributed by atoms with E-state index in [0.717, 1.165) is 26.8 Å². The van der Waals surface area contributed by atoms with E-state index in [-0.39, 0.29) is 0 Å². The van der Waals surface area contributed by atoms with Gasteiger partial charge in [0.15, 0.2) is 7.14 Å². The van der Waals surface area contributed by atoms with Gasteiger partial charge in [-0.15, -0.1) is 0 Å². The predicted molar refractivity (Wildman–Crippen MR) is 100 cm³/mol. The zero-order valence-electron chi connectivity index (χ0n) is 13.3. The number of hydrogen-bond donors (Lipinski definition) is 0. The van der Waals surface area contributed by atoms with Crippen LogP contribution in [0.3, 0.4) is 0 Å². The predicted octanol–water partition coefficient (Wildman–Crippen LogP) is 3.21. The van der Waals surface area contributed by atoms with Crippen LogP contribution in [-0.4, -0.2) is 9.78 Å². The summed E-state index contributed by atoms with van der Waals surface area (Å²) >= 11 is 0. The smallest absolute Gasteiger partial charge is 0.171 e. The van der Waals surface area contributed by atoms with E-state index in [1.807, 2.05) is 96.8 Å². The van der Waals surface area contributed by atoms with Crippen molar-refractivity contribution in [1.82, 2.24) is 9.78 Å². The molecule has 0 unspecified atom stereocenters. The van der Waals surface area contributed by atoms with Crippen LogP contribution in [0.1, 0.15) is 0 Å². The van der Waals surface area contributed by atoms with Crippen molar-refractivity contribution >= 4 is 34.0 Å². The molecule has 118 valence electrons. The van der Waals surface area contributed by atoms with Crippen LogP contribution in [0.15, 0.2) is 85.1 Å². The summed E-state index contributed by atoms with van der Waals surface area (Å²) in [6, 6.07) is 25.4. The highest BCUT2D eigenvalue weighted by molar-refractivity contribution is 7.85. The Labute approximate surface area is 140 Å². The molecule has 4 heteroatoms. The van der Waals surface area contributed by atoms with Crippen LogP contribution in [0.4, 0.5) is 0 Å². The van der Waals surface area contributed by atoms with Crippen molar-refractivity contribution in [3.05, 3.63) is 85.1 Å². The Morgan fingerprint density at radius 3 is 1.96 bits per heavy atom. The van der Waals surface area contributed by atoms with E-state index in [4.69, 9.17) is 0 Å². The van der Waals surface area contributed by atoms with Gasteiger partial charge in [0.25, 0.3) is 0 Å². The standard InChI is InChI=1S/C20H17N2OP/c1-22-20-13-12-19(14-16(20)15-21-22)24(23,17-8-4-2-5-9-17)18-10-6-3-7-11-18/h2-15H,1H3. The highest BCUT2D eigenvalue weighted by atomic mass is 31.2. The van der Waals surface area contributed by atoms with E-state index in [9.17, 15) is 4.57 Å². The quantitative estimate of drug-likeness (QED) is 0.540. The summed E-state index contributed by atoms with van der Waals surface area (Å²) in [5, 5.41) is 7.82. The van der Waals surface area contributed by atoms with Crippen molar-refractivity contribution in [1.29, 1.82) is 0 Å². The highest BCUT2D eigenvalue weighted by Crippen LogP contribution is 2.42. The third-order valence-corrected chi connectivity index (χ3v) is 7.39. The van der Waals surface area contributed by atoms with Gasteiger partial charge < -0.3 is 4.57 Å². The number of benzene rings is 3. The first kappa shape index (κ1) is 14.9. The maximum Gasteiger partial charge on any atom is 0.171 e. The maximum atomic E-state index is 14.2. The third kappa shape index (κ3) is 2.29. The van der Waals surface area contributed by atoms with Crippen LogP contribution in [-0.2, 0) is 11.6 Å². The van der Waals surface area contributed by atoms with E-state index in [1.165, 1.54) is 0 Å². The third-order valence-electron chi connectivity index (χ3n) is 4.33. The lowest BCUT2D eigenvalue weighted by Gasteiger charge is -2.20. The second-order valence-electron chi connectivity index (χ2n) is 5.79. The molecule has 4 rings (SSSR count). The van der Waals surface area contributed by atoms with Crippen LogP contribution < -0.4 is 15.9 Å². The fourth-order valence-corrected chi connectivity index (χ4v) is 5.75. The summed E-state index contributed by atoms with van der Waals surface area (Å²) in [4.78, 5) is 0. The zero-order valence-corrected chi connectivity index (χ0v) is 14.2. The van der Waals surface area contributed by atoms with Crippen molar-refractivity contribution < 1.29 is 4.57 Å². The molecule has 0 fully saturated rings. The fourth-order valence-electron chi connectivity index (χ4n) is 3.07. The highest BCUT2D eigenvalue weighted by Gasteiger charge is 2.29. The average Bonchev–Trinajstić information content (AvgIpc) is 3.03. The van der Waals surface area contributed by atoms with Gasteiger partial charge in [-0.25, -0.2) is 0 Å². The summed E-state index contributed by atoms with van der Waals surface area (Å²) < 4.78 is 16.1. The number of hydrogen-bond acceptors (Lipinski definition) is 2. The van der Waals surface area contributed by atoms with Crippen LogP contribution in [0.5, 0.6) is 0 Å². The SMILES string of the molecule is Cn1ncc2cc(P(=O)(c3ccccc3)c3ccccc3)ccc21. The normalized spacial score (nSPS) is 11.7. The monoisotopic (exact) mass is 332 g/mol. The maximum absolute atomic E-state index is 14.2. The summed E-state index contributed by atoms with van der Waals surface area (Å²) in [6.07, 6.45) is 1.82. The van der Waals surface area contributed by atoms with Gasteiger partial charge in [0.1, 0.15) is 0 Å². The first-order chi connectivity index (χ1) is 11.7. The Morgan fingerprint density at radius 2 is 1.38 bits per heavy atom. The van der Waals surface area contributed by atoms with E-state index in [0.29, 0.717) is 0 Å². The van der Waals surface area contributed by atoms with Gasteiger partial charge >= 0.3 is 0 Å². The molecule has 3 aromatic carbocycles. The average molecular weight is 332 g/mol. The lowest BCUT2D eigenvalue weighted by atomic mass is 10.2. The molecule has 0 amide bonds. The molecular formula is C20H17N2OP. The first-order valence-electron chi connectivity index (χ1n) is 7.83. The summed E-state index contributed by atoms with van der Waals surface area (Å²) in [6.45, 7) is 0. The Kier molecular flexibility index (Phi) is 3.59. The molecule has 0 aliphatic heterocycles. The molecular weight excluding hydrogens is 315 g/mol. The summed E-state index contributed by atoms with van der Waals surface area (Å²) in [5.41, 5.74) is 1.03. The van der Waals surface area contributed by atoms with Gasteiger partial charge in [0, 0.05) is 28.3 Å². The Hall–Kier alpha value is -2.64. The van der Waals surface area contributed by atoms with Crippen molar-refractivity contribution in [2.45, 2.75) is 0 Å². The van der Waals surface area contributed by atoms with Crippen LogP contribution in [0.25, 0.3) is 10.9 Å². The van der Waals surface area contributed by atoms with Crippen molar-refractivity contribution in [3.63, 3.8) is 0 Å². The van der Waals surface area contributed by atoms with Gasteiger partial charge in [0.2, 0.25) is 0 Å². The first-order valence-corrected chi connectivity index (χ1v) is 9.54. The minimum atomic E-state index is -2.91. The van der Waals surface area contributed by atoms with Crippen molar-refractivity contribution in [3.8, 4) is 0 Å². The van der Waals surface area contributed by atoms with E-state index in [1.54, 1.807) is 0 Å². The number of rotatable bonds is 3. The Balaban J connectivity index is 2.00. The molecule has 0 spiro atoms. The van der Waals surface area contributed by atoms with Gasteiger partial charge in [-0.2, -0.15) is 5.10 Å². The van der Waals surface area contributed by atoms with E-state index >= 15 is 0 Å². The number of aryl methyl sites for hydroxylation is 1. The molecule has 24 heavy (non-hydrogen) atoms. The molecule has 0 atom stereocenters. The molecule has 1 heterocycles. The zero-order chi connectivity index (χ0) is 16.6. The van der Waals surface area contributed by atoms with Gasteiger partial charge in [-0.3, -0.25) is 4.68 Å². The van der Waals surface area contributed by atoms with E-state index in [2.05, 4.69) is 5.10 Å². The fraction of sp³-hybridized carbons (Fsp3) is 0.0500. The van der Waals surface area contributed by atoms with Gasteiger partial charge in [0.05, 0.1) is 11.7 Å². The molecule has 0 saturated carbocycles. The topological polar surface area (TPSA) is 34.9 Å². The minimum Gasteiger partial charge on any atom is -0.309 e. The van der Waals surface area contributed by atoms with Crippen LogP contribution >= 0.6 is 7.14 Å². The van der Waals surface area contributed by atoms with Gasteiger partial charge in [-0.1, -0.05) is 60.7 Å². The van der Waals surface area contributed by atoms with Crippen LogP contribution in [0.2, 0.25) is 0 Å². The van der Waals surface area contributed by atoms with Crippen molar-refractivity contribution in [2.75, 3.05) is 0 Å². The van der Waals surface area contributed by atoms with Crippen LogP contribution in [0, 0.1) is 0 Å². The number of fused-ring (bicyclic) bond motifs is 1. The molecule has 0 aliphatic carbocycles. The second-order valence-corrected chi connectivity index (χ2v) is 8.56. The Bertz CT molecular complexity index is 996. The lowest BCUT2D eigenvalue weighted by Crippen LogP contribution is -2.24. The molecule has 0 saturated heterocycles. The Morgan fingerprint density at radius 1 is 0.792 bits per heavy atom. The molecule has 1 aromatic heterocycles. The largest absolute Gasteiger partial charge is 0.309 e. The number of nitrogens with zero attached hydrogens (tertiary/aromatic N) is 2. The summed E-state index contributed by atoms with van der Waals surface area (Å²) in [7, 11) is -0.996. The molecule has 4 aromatic rings. The van der Waals surface area contributed by atoms with Crippen molar-refractivity contribution in [2.24, 2.45) is 7.05 Å². The molecule has 3 nitrogen and oxygen atoms in total. The number of aromatic nitrogens is 2. The lowest BCUT2D eigenvalue weighted by molar-refractivity contribution is 0.592.